The second-order valence-electron chi connectivity index (χ2n) is 4.86. The summed E-state index contributed by atoms with van der Waals surface area (Å²) in [4.78, 5) is 11.4. The molecule has 4 nitrogen and oxygen atoms in total. The summed E-state index contributed by atoms with van der Waals surface area (Å²) in [5.74, 6) is 0.933. The molecule has 1 aromatic carbocycles. The van der Waals surface area contributed by atoms with Gasteiger partial charge in [0.25, 0.3) is 0 Å². The van der Waals surface area contributed by atoms with Crippen molar-refractivity contribution >= 4 is 10.9 Å². The number of imidazole rings is 1. The van der Waals surface area contributed by atoms with Crippen molar-refractivity contribution in [3.05, 3.63) is 41.5 Å². The lowest BCUT2D eigenvalue weighted by atomic mass is 10.1. The van der Waals surface area contributed by atoms with E-state index in [0.717, 1.165) is 34.8 Å². The second kappa shape index (κ2) is 4.55. The maximum Gasteiger partial charge on any atom is 0.103 e. The standard InChI is InChI=1S/C15H18N4/c1-9-14(11-5-3-4-6-12(11)17-9)15-13(7-8-16)18-10(2)19-15/h3-6,17H,7-8,16H2,1-2H3,(H,18,19). The largest absolute Gasteiger partial charge is 0.358 e. The number of H-pyrrole nitrogens is 2. The molecular formula is C15H18N4. The van der Waals surface area contributed by atoms with Crippen molar-refractivity contribution in [1.29, 1.82) is 0 Å². The number of aryl methyl sites for hydroxylation is 2. The number of nitrogens with two attached hydrogens (primary N) is 1. The maximum absolute atomic E-state index is 5.69. The molecular weight excluding hydrogens is 236 g/mol. The topological polar surface area (TPSA) is 70.5 Å². The fourth-order valence-electron chi connectivity index (χ4n) is 2.65. The number of benzene rings is 1. The molecule has 0 unspecified atom stereocenters. The van der Waals surface area contributed by atoms with Gasteiger partial charge in [0.05, 0.1) is 5.69 Å². The fraction of sp³-hybridized carbons (Fsp3) is 0.267. The molecule has 0 atom stereocenters. The highest BCUT2D eigenvalue weighted by Gasteiger charge is 2.16. The third-order valence-electron chi connectivity index (χ3n) is 3.42. The molecule has 2 aromatic heterocycles. The van der Waals surface area contributed by atoms with Gasteiger partial charge in [-0.05, 0) is 26.5 Å². The Kier molecular flexibility index (Phi) is 2.87. The molecule has 3 aromatic rings. The predicted octanol–water partition coefficient (Wildman–Crippen LogP) is 2.68. The summed E-state index contributed by atoms with van der Waals surface area (Å²) in [6.45, 7) is 4.69. The summed E-state index contributed by atoms with van der Waals surface area (Å²) < 4.78 is 0. The van der Waals surface area contributed by atoms with Gasteiger partial charge in [0, 0.05) is 34.3 Å². The highest BCUT2D eigenvalue weighted by Crippen LogP contribution is 2.32. The van der Waals surface area contributed by atoms with Crippen LogP contribution in [-0.4, -0.2) is 21.5 Å². The van der Waals surface area contributed by atoms with Gasteiger partial charge < -0.3 is 15.7 Å². The first-order valence-electron chi connectivity index (χ1n) is 6.54. The van der Waals surface area contributed by atoms with Gasteiger partial charge in [0.2, 0.25) is 0 Å². The highest BCUT2D eigenvalue weighted by atomic mass is 14.9. The molecule has 0 saturated heterocycles. The van der Waals surface area contributed by atoms with Crippen molar-refractivity contribution in [3.8, 4) is 11.3 Å². The van der Waals surface area contributed by atoms with Crippen LogP contribution in [0.2, 0.25) is 0 Å². The van der Waals surface area contributed by atoms with E-state index in [1.807, 2.05) is 13.0 Å². The molecule has 0 amide bonds. The molecule has 0 fully saturated rings. The second-order valence-corrected chi connectivity index (χ2v) is 4.86. The van der Waals surface area contributed by atoms with Crippen molar-refractivity contribution in [2.45, 2.75) is 20.3 Å². The van der Waals surface area contributed by atoms with Crippen LogP contribution >= 0.6 is 0 Å². The number of nitrogens with zero attached hydrogens (tertiary/aromatic N) is 1. The Morgan fingerprint density at radius 1 is 1.16 bits per heavy atom. The van der Waals surface area contributed by atoms with E-state index in [1.165, 1.54) is 10.9 Å². The third-order valence-corrected chi connectivity index (χ3v) is 3.42. The van der Waals surface area contributed by atoms with Crippen LogP contribution in [0.5, 0.6) is 0 Å². The predicted molar refractivity (Wildman–Crippen MR) is 78.1 cm³/mol. The van der Waals surface area contributed by atoms with Crippen molar-refractivity contribution in [3.63, 3.8) is 0 Å². The molecule has 0 aliphatic carbocycles. The number of aromatic amines is 2. The zero-order chi connectivity index (χ0) is 13.4. The van der Waals surface area contributed by atoms with E-state index in [2.05, 4.69) is 40.1 Å². The number of fused-ring (bicyclic) bond motifs is 1. The van der Waals surface area contributed by atoms with Gasteiger partial charge in [-0.2, -0.15) is 0 Å². The van der Waals surface area contributed by atoms with Gasteiger partial charge in [0.1, 0.15) is 5.82 Å². The van der Waals surface area contributed by atoms with E-state index in [-0.39, 0.29) is 0 Å². The average Bonchev–Trinajstić information content (AvgIpc) is 2.89. The minimum Gasteiger partial charge on any atom is -0.358 e. The van der Waals surface area contributed by atoms with Gasteiger partial charge in [-0.1, -0.05) is 18.2 Å². The lowest BCUT2D eigenvalue weighted by Gasteiger charge is -2.02. The zero-order valence-electron chi connectivity index (χ0n) is 11.2. The van der Waals surface area contributed by atoms with Crippen molar-refractivity contribution < 1.29 is 0 Å². The molecule has 0 saturated carbocycles. The van der Waals surface area contributed by atoms with Crippen LogP contribution in [0.4, 0.5) is 0 Å². The van der Waals surface area contributed by atoms with Crippen molar-refractivity contribution in [2.24, 2.45) is 5.73 Å². The highest BCUT2D eigenvalue weighted by molar-refractivity contribution is 5.97. The molecule has 2 heterocycles. The molecule has 0 aliphatic rings. The zero-order valence-corrected chi connectivity index (χ0v) is 11.2. The van der Waals surface area contributed by atoms with Gasteiger partial charge in [-0.3, -0.25) is 0 Å². The van der Waals surface area contributed by atoms with E-state index in [0.29, 0.717) is 6.54 Å². The van der Waals surface area contributed by atoms with Gasteiger partial charge in [-0.15, -0.1) is 0 Å². The van der Waals surface area contributed by atoms with Crippen LogP contribution < -0.4 is 5.73 Å². The van der Waals surface area contributed by atoms with E-state index in [4.69, 9.17) is 5.73 Å². The minimum atomic E-state index is 0.621. The summed E-state index contributed by atoms with van der Waals surface area (Å²) in [7, 11) is 0. The summed E-state index contributed by atoms with van der Waals surface area (Å²) in [5.41, 5.74) is 11.3. The van der Waals surface area contributed by atoms with E-state index >= 15 is 0 Å². The summed E-state index contributed by atoms with van der Waals surface area (Å²) in [6.07, 6.45) is 0.815. The Morgan fingerprint density at radius 3 is 2.74 bits per heavy atom. The fourth-order valence-corrected chi connectivity index (χ4v) is 2.65. The van der Waals surface area contributed by atoms with Crippen LogP contribution in [0.1, 0.15) is 17.2 Å². The summed E-state index contributed by atoms with van der Waals surface area (Å²) in [5, 5.41) is 1.21. The molecule has 98 valence electrons. The van der Waals surface area contributed by atoms with Crippen LogP contribution in [0.25, 0.3) is 22.2 Å². The number of nitrogens with one attached hydrogen (secondary N) is 2. The molecule has 0 bridgehead atoms. The van der Waals surface area contributed by atoms with Crippen LogP contribution in [0.3, 0.4) is 0 Å². The van der Waals surface area contributed by atoms with E-state index in [1.54, 1.807) is 0 Å². The summed E-state index contributed by atoms with van der Waals surface area (Å²) >= 11 is 0. The van der Waals surface area contributed by atoms with Crippen LogP contribution in [0.15, 0.2) is 24.3 Å². The van der Waals surface area contributed by atoms with Crippen molar-refractivity contribution in [2.75, 3.05) is 6.54 Å². The first-order chi connectivity index (χ1) is 9.20. The Morgan fingerprint density at radius 2 is 1.95 bits per heavy atom. The number of aromatic nitrogens is 3. The lowest BCUT2D eigenvalue weighted by molar-refractivity contribution is 0.930. The number of rotatable bonds is 3. The van der Waals surface area contributed by atoms with Crippen LogP contribution in [0, 0.1) is 13.8 Å². The molecule has 19 heavy (non-hydrogen) atoms. The van der Waals surface area contributed by atoms with Crippen molar-refractivity contribution in [1.82, 2.24) is 15.0 Å². The molecule has 0 aliphatic heterocycles. The molecule has 4 heteroatoms. The van der Waals surface area contributed by atoms with Gasteiger partial charge in [-0.25, -0.2) is 4.98 Å². The quantitative estimate of drug-likeness (QED) is 0.672. The first kappa shape index (κ1) is 12.0. The maximum atomic E-state index is 5.69. The Bertz CT molecular complexity index is 721. The molecule has 4 N–H and O–H groups in total. The van der Waals surface area contributed by atoms with Crippen LogP contribution in [-0.2, 0) is 6.42 Å². The van der Waals surface area contributed by atoms with E-state index in [9.17, 15) is 0 Å². The molecule has 0 spiro atoms. The molecule has 3 rings (SSSR count). The van der Waals surface area contributed by atoms with Gasteiger partial charge in [0.15, 0.2) is 0 Å². The monoisotopic (exact) mass is 254 g/mol. The summed E-state index contributed by atoms with van der Waals surface area (Å²) in [6, 6.07) is 8.32. The molecule has 0 radical (unpaired) electrons. The minimum absolute atomic E-state index is 0.621. The third kappa shape index (κ3) is 1.94. The number of hydrogen-bond donors (Lipinski definition) is 3. The SMILES string of the molecule is Cc1nc(-c2c(C)[nH]c3ccccc23)c(CCN)[nH]1. The Hall–Kier alpha value is -2.07. The lowest BCUT2D eigenvalue weighted by Crippen LogP contribution is -2.04. The number of hydrogen-bond acceptors (Lipinski definition) is 2. The average molecular weight is 254 g/mol. The number of para-hydroxylation sites is 1. The first-order valence-corrected chi connectivity index (χ1v) is 6.54. The Labute approximate surface area is 112 Å². The normalized spacial score (nSPS) is 11.3. The smallest absolute Gasteiger partial charge is 0.103 e. The Balaban J connectivity index is 2.26. The van der Waals surface area contributed by atoms with E-state index < -0.39 is 0 Å². The van der Waals surface area contributed by atoms with Gasteiger partial charge >= 0.3 is 0 Å².